The third kappa shape index (κ3) is 6.34. The fourth-order valence-electron chi connectivity index (χ4n) is 7.30. The molecule has 3 amide bonds. The van der Waals surface area contributed by atoms with Gasteiger partial charge in [-0.25, -0.2) is 0 Å². The second kappa shape index (κ2) is 12.8. The molecule has 1 atom stereocenters. The van der Waals surface area contributed by atoms with Crippen molar-refractivity contribution in [3.05, 3.63) is 35.4 Å². The van der Waals surface area contributed by atoms with E-state index in [0.29, 0.717) is 25.3 Å². The van der Waals surface area contributed by atoms with Crippen molar-refractivity contribution >= 4 is 17.7 Å². The van der Waals surface area contributed by atoms with Crippen molar-refractivity contribution < 1.29 is 14.4 Å². The van der Waals surface area contributed by atoms with Crippen molar-refractivity contribution in [3.63, 3.8) is 0 Å². The summed E-state index contributed by atoms with van der Waals surface area (Å²) in [4.78, 5) is 46.6. The van der Waals surface area contributed by atoms with Gasteiger partial charge in [-0.2, -0.15) is 0 Å². The number of rotatable bonds is 8. The van der Waals surface area contributed by atoms with Crippen LogP contribution in [0, 0.1) is 5.92 Å². The summed E-state index contributed by atoms with van der Waals surface area (Å²) in [6, 6.07) is 7.71. The zero-order valence-electron chi connectivity index (χ0n) is 24.0. The highest BCUT2D eigenvalue weighted by molar-refractivity contribution is 6.00. The molecule has 214 valence electrons. The first kappa shape index (κ1) is 28.1. The summed E-state index contributed by atoms with van der Waals surface area (Å²) in [5, 5.41) is 3.20. The molecule has 0 radical (unpaired) electrons. The lowest BCUT2D eigenvalue weighted by molar-refractivity contribution is -0.162. The van der Waals surface area contributed by atoms with Crippen LogP contribution in [0.3, 0.4) is 0 Å². The van der Waals surface area contributed by atoms with Crippen LogP contribution < -0.4 is 5.32 Å². The van der Waals surface area contributed by atoms with Crippen LogP contribution >= 0.6 is 0 Å². The standard InChI is InChI=1S/C32H48N4O3/c1-2-3-20-36-30(38)28(23-25-10-6-4-7-11-25)33-31(39)32(36)16-21-34(22-17-32)24-26-12-14-27(15-13-26)29(37)35-18-8-5-9-19-35/h12-15,25,28H,2-11,16-24H2,1H3,(H,33,39). The second-order valence-corrected chi connectivity index (χ2v) is 12.5. The smallest absolute Gasteiger partial charge is 0.253 e. The quantitative estimate of drug-likeness (QED) is 0.521. The lowest BCUT2D eigenvalue weighted by Crippen LogP contribution is -2.73. The Morgan fingerprint density at radius 2 is 1.59 bits per heavy atom. The molecule has 0 aromatic heterocycles. The van der Waals surface area contributed by atoms with Crippen LogP contribution in [-0.4, -0.2) is 76.7 Å². The highest BCUT2D eigenvalue weighted by Crippen LogP contribution is 2.36. The average Bonchev–Trinajstić information content (AvgIpc) is 2.98. The lowest BCUT2D eigenvalue weighted by Gasteiger charge is -2.52. The fraction of sp³-hybridized carbons (Fsp3) is 0.719. The molecular formula is C32H48N4O3. The molecular weight excluding hydrogens is 488 g/mol. The zero-order valence-corrected chi connectivity index (χ0v) is 24.0. The molecule has 5 rings (SSSR count). The molecule has 4 aliphatic rings. The van der Waals surface area contributed by atoms with Crippen LogP contribution in [-0.2, 0) is 16.1 Å². The number of carbonyl (C=O) groups excluding carboxylic acids is 3. The molecule has 7 nitrogen and oxygen atoms in total. The maximum absolute atomic E-state index is 13.8. The van der Waals surface area contributed by atoms with Crippen molar-refractivity contribution in [1.29, 1.82) is 0 Å². The molecule has 1 saturated carbocycles. The van der Waals surface area contributed by atoms with Crippen LogP contribution in [0.15, 0.2) is 24.3 Å². The Labute approximate surface area is 234 Å². The molecule has 3 heterocycles. The van der Waals surface area contributed by atoms with E-state index in [9.17, 15) is 14.4 Å². The summed E-state index contributed by atoms with van der Waals surface area (Å²) in [6.45, 7) is 6.91. The van der Waals surface area contributed by atoms with Gasteiger partial charge in [0.2, 0.25) is 11.8 Å². The number of piperidine rings is 2. The Hall–Kier alpha value is -2.41. The van der Waals surface area contributed by atoms with Gasteiger partial charge >= 0.3 is 0 Å². The van der Waals surface area contributed by atoms with Gasteiger partial charge in [0.15, 0.2) is 0 Å². The SMILES string of the molecule is CCCCN1C(=O)C(CC2CCCCC2)NC(=O)C12CCN(Cc1ccc(C(=O)N3CCCCC3)cc1)CC2. The van der Waals surface area contributed by atoms with E-state index >= 15 is 0 Å². The van der Waals surface area contributed by atoms with E-state index in [1.54, 1.807) is 0 Å². The number of carbonyl (C=O) groups is 3. The number of hydrogen-bond acceptors (Lipinski definition) is 4. The van der Waals surface area contributed by atoms with Gasteiger partial charge < -0.3 is 15.1 Å². The summed E-state index contributed by atoms with van der Waals surface area (Å²) in [6.07, 6.45) is 13.7. The van der Waals surface area contributed by atoms with Crippen molar-refractivity contribution in [3.8, 4) is 0 Å². The molecule has 0 bridgehead atoms. The monoisotopic (exact) mass is 536 g/mol. The number of nitrogens with one attached hydrogen (secondary N) is 1. The Morgan fingerprint density at radius 1 is 0.923 bits per heavy atom. The molecule has 39 heavy (non-hydrogen) atoms. The first-order chi connectivity index (χ1) is 19.0. The molecule has 1 unspecified atom stereocenters. The summed E-state index contributed by atoms with van der Waals surface area (Å²) >= 11 is 0. The van der Waals surface area contributed by atoms with E-state index in [0.717, 1.165) is 70.4 Å². The highest BCUT2D eigenvalue weighted by Gasteiger charge is 2.53. The van der Waals surface area contributed by atoms with E-state index in [1.165, 1.54) is 44.1 Å². The fourth-order valence-corrected chi connectivity index (χ4v) is 7.30. The molecule has 3 saturated heterocycles. The number of benzene rings is 1. The van der Waals surface area contributed by atoms with Gasteiger partial charge in [-0.1, -0.05) is 57.6 Å². The summed E-state index contributed by atoms with van der Waals surface area (Å²) in [5.74, 6) is 0.914. The molecule has 1 N–H and O–H groups in total. The molecule has 1 aliphatic carbocycles. The predicted molar refractivity (Wildman–Crippen MR) is 153 cm³/mol. The Morgan fingerprint density at radius 3 is 2.26 bits per heavy atom. The summed E-state index contributed by atoms with van der Waals surface area (Å²) in [7, 11) is 0. The molecule has 7 heteroatoms. The average molecular weight is 537 g/mol. The van der Waals surface area contributed by atoms with Gasteiger partial charge in [0.1, 0.15) is 11.6 Å². The van der Waals surface area contributed by atoms with Crippen molar-refractivity contribution in [2.45, 2.75) is 109 Å². The normalized spacial score (nSPS) is 24.7. The van der Waals surface area contributed by atoms with Gasteiger partial charge in [0, 0.05) is 44.8 Å². The molecule has 3 aliphatic heterocycles. The Kier molecular flexibility index (Phi) is 9.26. The number of unbranched alkanes of at least 4 members (excludes halogenated alkanes) is 1. The van der Waals surface area contributed by atoms with E-state index in [1.807, 2.05) is 21.9 Å². The van der Waals surface area contributed by atoms with Gasteiger partial charge in [0.05, 0.1) is 0 Å². The summed E-state index contributed by atoms with van der Waals surface area (Å²) < 4.78 is 0. The highest BCUT2D eigenvalue weighted by atomic mass is 16.2. The largest absolute Gasteiger partial charge is 0.342 e. The number of nitrogens with zero attached hydrogens (tertiary/aromatic N) is 3. The topological polar surface area (TPSA) is 73.0 Å². The number of piperazine rings is 1. The zero-order chi connectivity index (χ0) is 27.2. The minimum Gasteiger partial charge on any atom is -0.342 e. The molecule has 1 spiro atoms. The van der Waals surface area contributed by atoms with Crippen molar-refractivity contribution in [2.75, 3.05) is 32.7 Å². The maximum Gasteiger partial charge on any atom is 0.253 e. The minimum atomic E-state index is -0.712. The maximum atomic E-state index is 13.8. The van der Waals surface area contributed by atoms with Crippen molar-refractivity contribution in [1.82, 2.24) is 20.0 Å². The molecule has 4 fully saturated rings. The lowest BCUT2D eigenvalue weighted by atomic mass is 9.79. The Balaban J connectivity index is 1.20. The van der Waals surface area contributed by atoms with E-state index in [2.05, 4.69) is 29.3 Å². The summed E-state index contributed by atoms with van der Waals surface area (Å²) in [5.41, 5.74) is 1.24. The van der Waals surface area contributed by atoms with Gasteiger partial charge in [-0.05, 0) is 68.6 Å². The number of amides is 3. The third-order valence-electron chi connectivity index (χ3n) is 9.77. The Bertz CT molecular complexity index is 989. The first-order valence-electron chi connectivity index (χ1n) is 15.7. The number of likely N-dealkylation sites (tertiary alicyclic amines) is 2. The van der Waals surface area contributed by atoms with Gasteiger partial charge in [-0.3, -0.25) is 19.3 Å². The van der Waals surface area contributed by atoms with Crippen LogP contribution in [0.1, 0.15) is 106 Å². The van der Waals surface area contributed by atoms with E-state index < -0.39 is 5.54 Å². The minimum absolute atomic E-state index is 0.0687. The number of hydrogen-bond donors (Lipinski definition) is 1. The van der Waals surface area contributed by atoms with Crippen LogP contribution in [0.2, 0.25) is 0 Å². The van der Waals surface area contributed by atoms with Crippen molar-refractivity contribution in [2.24, 2.45) is 5.92 Å². The predicted octanol–water partition coefficient (Wildman–Crippen LogP) is 4.74. The second-order valence-electron chi connectivity index (χ2n) is 12.5. The third-order valence-corrected chi connectivity index (χ3v) is 9.77. The van der Waals surface area contributed by atoms with Crippen LogP contribution in [0.5, 0.6) is 0 Å². The first-order valence-corrected chi connectivity index (χ1v) is 15.7. The van der Waals surface area contributed by atoms with E-state index in [-0.39, 0.29) is 23.8 Å². The van der Waals surface area contributed by atoms with Crippen LogP contribution in [0.25, 0.3) is 0 Å². The van der Waals surface area contributed by atoms with Crippen LogP contribution in [0.4, 0.5) is 0 Å². The van der Waals surface area contributed by atoms with Gasteiger partial charge in [-0.15, -0.1) is 0 Å². The van der Waals surface area contributed by atoms with E-state index in [4.69, 9.17) is 0 Å². The van der Waals surface area contributed by atoms with Gasteiger partial charge in [0.25, 0.3) is 5.91 Å². The molecule has 1 aromatic rings. The molecule has 1 aromatic carbocycles.